The number of ether oxygens (including phenoxy) is 3. The SMILES string of the molecule is CC1(C)C(N=C(N)Nc2ccc3c(c2)OCCCO3)C2CCOC21.I. The molecule has 2 fully saturated rings. The Kier molecular flexibility index (Phi) is 5.34. The van der Waals surface area contributed by atoms with Crippen LogP contribution in [-0.2, 0) is 4.74 Å². The molecule has 1 aliphatic carbocycles. The topological polar surface area (TPSA) is 78.1 Å². The van der Waals surface area contributed by atoms with Gasteiger partial charge in [-0.15, -0.1) is 24.0 Å². The fourth-order valence-electron chi connectivity index (χ4n) is 4.13. The summed E-state index contributed by atoms with van der Waals surface area (Å²) < 4.78 is 17.2. The van der Waals surface area contributed by atoms with E-state index in [1.807, 2.05) is 18.2 Å². The lowest BCUT2D eigenvalue weighted by Crippen LogP contribution is -2.59. The van der Waals surface area contributed by atoms with Crippen molar-refractivity contribution in [1.82, 2.24) is 0 Å². The van der Waals surface area contributed by atoms with Crippen molar-refractivity contribution in [2.24, 2.45) is 22.1 Å². The van der Waals surface area contributed by atoms with Crippen LogP contribution in [0.3, 0.4) is 0 Å². The smallest absolute Gasteiger partial charge is 0.193 e. The minimum atomic E-state index is 0. The highest BCUT2D eigenvalue weighted by atomic mass is 127. The van der Waals surface area contributed by atoms with Crippen LogP contribution in [0.25, 0.3) is 0 Å². The summed E-state index contributed by atoms with van der Waals surface area (Å²) in [6, 6.07) is 5.96. The predicted octanol–water partition coefficient (Wildman–Crippen LogP) is 3.01. The van der Waals surface area contributed by atoms with Crippen LogP contribution < -0.4 is 20.5 Å². The molecule has 1 saturated carbocycles. The van der Waals surface area contributed by atoms with Gasteiger partial charge in [-0.05, 0) is 18.6 Å². The van der Waals surface area contributed by atoms with Gasteiger partial charge in [-0.25, -0.2) is 4.99 Å². The molecule has 1 aromatic rings. The van der Waals surface area contributed by atoms with Crippen molar-refractivity contribution in [2.75, 3.05) is 25.1 Å². The summed E-state index contributed by atoms with van der Waals surface area (Å²) in [6.45, 7) is 6.59. The highest BCUT2D eigenvalue weighted by Gasteiger charge is 2.59. The van der Waals surface area contributed by atoms with E-state index in [2.05, 4.69) is 19.2 Å². The minimum Gasteiger partial charge on any atom is -0.490 e. The molecule has 3 aliphatic rings. The molecule has 0 bridgehead atoms. The highest BCUT2D eigenvalue weighted by molar-refractivity contribution is 14.0. The molecule has 3 N–H and O–H groups in total. The number of hydrogen-bond donors (Lipinski definition) is 2. The van der Waals surface area contributed by atoms with Crippen molar-refractivity contribution in [3.05, 3.63) is 18.2 Å². The Bertz CT molecular complexity index is 665. The zero-order valence-corrected chi connectivity index (χ0v) is 17.0. The van der Waals surface area contributed by atoms with Crippen molar-refractivity contribution in [2.45, 2.75) is 38.8 Å². The van der Waals surface area contributed by atoms with Crippen molar-refractivity contribution in [1.29, 1.82) is 0 Å². The molecule has 3 unspecified atom stereocenters. The molecule has 0 radical (unpaired) electrons. The van der Waals surface area contributed by atoms with E-state index in [-0.39, 0.29) is 35.4 Å². The number of nitrogens with one attached hydrogen (secondary N) is 1. The van der Waals surface area contributed by atoms with Crippen LogP contribution in [0.2, 0.25) is 0 Å². The number of anilines is 1. The number of halogens is 1. The Morgan fingerprint density at radius 3 is 2.76 bits per heavy atom. The van der Waals surface area contributed by atoms with Crippen molar-refractivity contribution >= 4 is 35.6 Å². The van der Waals surface area contributed by atoms with Gasteiger partial charge < -0.3 is 25.3 Å². The van der Waals surface area contributed by atoms with E-state index in [4.69, 9.17) is 24.9 Å². The lowest BCUT2D eigenvalue weighted by Gasteiger charge is -2.52. The number of guanidine groups is 1. The average Bonchev–Trinajstić information content (AvgIpc) is 2.89. The second kappa shape index (κ2) is 7.19. The summed E-state index contributed by atoms with van der Waals surface area (Å²) in [6.07, 6.45) is 2.28. The van der Waals surface area contributed by atoms with Crippen LogP contribution in [0.15, 0.2) is 23.2 Å². The summed E-state index contributed by atoms with van der Waals surface area (Å²) in [5.74, 6) is 2.45. The fraction of sp³-hybridized carbons (Fsp3) is 0.611. The molecule has 1 aromatic carbocycles. The average molecular weight is 459 g/mol. The van der Waals surface area contributed by atoms with Gasteiger partial charge in [0.2, 0.25) is 0 Å². The maximum Gasteiger partial charge on any atom is 0.193 e. The van der Waals surface area contributed by atoms with Gasteiger partial charge in [0.05, 0.1) is 25.4 Å². The molecule has 0 amide bonds. The second-order valence-corrected chi connectivity index (χ2v) is 7.36. The first-order valence-corrected chi connectivity index (χ1v) is 8.67. The molecule has 4 rings (SSSR count). The second-order valence-electron chi connectivity index (χ2n) is 7.36. The Hall–Kier alpha value is -1.22. The Balaban J connectivity index is 0.00000182. The van der Waals surface area contributed by atoms with Crippen LogP contribution in [0.5, 0.6) is 11.5 Å². The van der Waals surface area contributed by atoms with Crippen LogP contribution >= 0.6 is 24.0 Å². The summed E-state index contributed by atoms with van der Waals surface area (Å²) >= 11 is 0. The molecular weight excluding hydrogens is 433 g/mol. The zero-order valence-electron chi connectivity index (χ0n) is 14.7. The zero-order chi connectivity index (χ0) is 16.7. The van der Waals surface area contributed by atoms with Gasteiger partial charge in [0.15, 0.2) is 17.5 Å². The number of nitrogens with zero attached hydrogens (tertiary/aromatic N) is 1. The fourth-order valence-corrected chi connectivity index (χ4v) is 4.13. The summed E-state index contributed by atoms with van der Waals surface area (Å²) in [4.78, 5) is 4.73. The highest BCUT2D eigenvalue weighted by Crippen LogP contribution is 2.53. The Labute approximate surface area is 165 Å². The maximum absolute atomic E-state index is 6.15. The first-order valence-electron chi connectivity index (χ1n) is 8.67. The molecule has 1 saturated heterocycles. The van der Waals surface area contributed by atoms with Crippen molar-refractivity contribution < 1.29 is 14.2 Å². The predicted molar refractivity (Wildman–Crippen MR) is 108 cm³/mol. The van der Waals surface area contributed by atoms with Crippen LogP contribution in [0.1, 0.15) is 26.7 Å². The van der Waals surface area contributed by atoms with Gasteiger partial charge in [-0.1, -0.05) is 13.8 Å². The molecule has 25 heavy (non-hydrogen) atoms. The lowest BCUT2D eigenvalue weighted by molar-refractivity contribution is -0.0985. The molecular formula is C18H26IN3O3. The number of rotatable bonds is 2. The van der Waals surface area contributed by atoms with E-state index in [9.17, 15) is 0 Å². The third-order valence-electron chi connectivity index (χ3n) is 5.34. The first-order chi connectivity index (χ1) is 11.6. The number of benzene rings is 1. The van der Waals surface area contributed by atoms with Gasteiger partial charge in [-0.2, -0.15) is 0 Å². The van der Waals surface area contributed by atoms with E-state index >= 15 is 0 Å². The van der Waals surface area contributed by atoms with E-state index in [0.717, 1.165) is 36.6 Å². The van der Waals surface area contributed by atoms with Crippen LogP contribution in [0, 0.1) is 11.3 Å². The van der Waals surface area contributed by atoms with Crippen molar-refractivity contribution in [3.63, 3.8) is 0 Å². The van der Waals surface area contributed by atoms with Gasteiger partial charge in [-0.3, -0.25) is 0 Å². The van der Waals surface area contributed by atoms with Gasteiger partial charge in [0.25, 0.3) is 0 Å². The van der Waals surface area contributed by atoms with Gasteiger partial charge >= 0.3 is 0 Å². The molecule has 138 valence electrons. The number of aliphatic imine (C=N–C) groups is 1. The molecule has 0 spiro atoms. The number of hydrogen-bond acceptors (Lipinski definition) is 4. The molecule has 3 atom stereocenters. The van der Waals surface area contributed by atoms with E-state index in [1.165, 1.54) is 0 Å². The largest absolute Gasteiger partial charge is 0.490 e. The van der Waals surface area contributed by atoms with E-state index < -0.39 is 0 Å². The third-order valence-corrected chi connectivity index (χ3v) is 5.34. The van der Waals surface area contributed by atoms with E-state index in [1.54, 1.807) is 0 Å². The van der Waals surface area contributed by atoms with Crippen molar-refractivity contribution in [3.8, 4) is 11.5 Å². The first kappa shape index (κ1) is 18.6. The molecule has 2 heterocycles. The summed E-state index contributed by atoms with van der Waals surface area (Å²) in [5, 5.41) is 3.18. The maximum atomic E-state index is 6.15. The number of nitrogens with two attached hydrogens (primary N) is 1. The quantitative estimate of drug-likeness (QED) is 0.404. The molecule has 2 aliphatic heterocycles. The van der Waals surface area contributed by atoms with Crippen LogP contribution in [-0.4, -0.2) is 37.9 Å². The standard InChI is InChI=1S/C18H25N3O3.HI/c1-18(2)15(12-6-9-24-16(12)18)21-17(19)20-11-4-5-13-14(10-11)23-8-3-7-22-13;/h4-5,10,12,15-16H,3,6-9H2,1-2H3,(H3,19,20,21);1H. The van der Waals surface area contributed by atoms with Crippen LogP contribution in [0.4, 0.5) is 5.69 Å². The van der Waals surface area contributed by atoms with Gasteiger partial charge in [0, 0.05) is 36.1 Å². The van der Waals surface area contributed by atoms with Gasteiger partial charge in [0.1, 0.15) is 0 Å². The lowest BCUT2D eigenvalue weighted by atomic mass is 9.57. The summed E-state index contributed by atoms with van der Waals surface area (Å²) in [7, 11) is 0. The Morgan fingerprint density at radius 1 is 1.20 bits per heavy atom. The molecule has 6 nitrogen and oxygen atoms in total. The Morgan fingerprint density at radius 2 is 1.96 bits per heavy atom. The molecule has 0 aromatic heterocycles. The summed E-state index contributed by atoms with van der Waals surface area (Å²) in [5.41, 5.74) is 7.05. The third kappa shape index (κ3) is 3.40. The molecule has 7 heteroatoms. The normalized spacial score (nSPS) is 29.7. The monoisotopic (exact) mass is 459 g/mol. The number of fused-ring (bicyclic) bond motifs is 2. The van der Waals surface area contributed by atoms with E-state index in [0.29, 0.717) is 31.2 Å². The minimum absolute atomic E-state index is 0.